The third kappa shape index (κ3) is 7.39. The summed E-state index contributed by atoms with van der Waals surface area (Å²) in [6.45, 7) is 6.69. The predicted molar refractivity (Wildman–Crippen MR) is 178 cm³/mol. The van der Waals surface area contributed by atoms with Crippen LogP contribution in [0.15, 0.2) is 83.2 Å². The first-order chi connectivity index (χ1) is 21.4. The van der Waals surface area contributed by atoms with Gasteiger partial charge in [0.1, 0.15) is 6.04 Å². The molecule has 4 aromatic rings. The normalized spacial score (nSPS) is 14.2. The van der Waals surface area contributed by atoms with Crippen molar-refractivity contribution in [1.29, 1.82) is 0 Å². The number of methoxy groups -OCH3 is 1. The number of fused-ring (bicyclic) bond motifs is 1. The minimum Gasteiger partial charge on any atom is -0.493 e. The van der Waals surface area contributed by atoms with E-state index in [1.54, 1.807) is 11.8 Å². The summed E-state index contributed by atoms with van der Waals surface area (Å²) in [5.41, 5.74) is 4.82. The Hall–Kier alpha value is -3.95. The molecule has 10 heteroatoms. The highest BCUT2D eigenvalue weighted by molar-refractivity contribution is 7.98. The van der Waals surface area contributed by atoms with Crippen molar-refractivity contribution in [3.8, 4) is 11.5 Å². The molecule has 1 aliphatic rings. The number of hydrogen-bond acceptors (Lipinski definition) is 7. The molecular formula is C34H38ClN5O3S. The van der Waals surface area contributed by atoms with Gasteiger partial charge in [-0.15, -0.1) is 5.10 Å². The molecule has 1 aliphatic heterocycles. The quantitative estimate of drug-likeness (QED) is 0.113. The number of nitrogens with zero attached hydrogens (tertiary/aromatic N) is 3. The summed E-state index contributed by atoms with van der Waals surface area (Å²) in [5, 5.41) is 12.5. The zero-order valence-corrected chi connectivity index (χ0v) is 27.1. The summed E-state index contributed by atoms with van der Waals surface area (Å²) >= 11 is 7.88. The van der Waals surface area contributed by atoms with E-state index in [4.69, 9.17) is 31.2 Å². The SMILES string of the molecule is CCCCCCOc1ccc(C2C(C(=O)Nc3cccc(C)c3)=C(C)Nc3nc(SCc4ccccc4Cl)nn32)cc1OC. The Balaban J connectivity index is 1.48. The third-order valence-electron chi connectivity index (χ3n) is 7.43. The molecule has 230 valence electrons. The highest BCUT2D eigenvalue weighted by Crippen LogP contribution is 2.40. The molecule has 1 atom stereocenters. The van der Waals surface area contributed by atoms with Gasteiger partial charge in [0, 0.05) is 22.2 Å². The van der Waals surface area contributed by atoms with Gasteiger partial charge in [-0.05, 0) is 67.3 Å². The van der Waals surface area contributed by atoms with Crippen LogP contribution in [0.3, 0.4) is 0 Å². The van der Waals surface area contributed by atoms with Crippen LogP contribution in [0.25, 0.3) is 0 Å². The van der Waals surface area contributed by atoms with Crippen molar-refractivity contribution < 1.29 is 14.3 Å². The van der Waals surface area contributed by atoms with E-state index in [1.807, 2.05) is 80.6 Å². The third-order valence-corrected chi connectivity index (χ3v) is 8.68. The van der Waals surface area contributed by atoms with E-state index in [1.165, 1.54) is 24.6 Å². The zero-order chi connectivity index (χ0) is 31.1. The van der Waals surface area contributed by atoms with Gasteiger partial charge >= 0.3 is 0 Å². The van der Waals surface area contributed by atoms with Crippen molar-refractivity contribution in [2.45, 2.75) is 63.4 Å². The van der Waals surface area contributed by atoms with Gasteiger partial charge in [-0.2, -0.15) is 4.98 Å². The Labute approximate surface area is 268 Å². The largest absolute Gasteiger partial charge is 0.493 e. The number of nitrogens with one attached hydrogen (secondary N) is 2. The van der Waals surface area contributed by atoms with Crippen molar-refractivity contribution in [1.82, 2.24) is 14.8 Å². The number of hydrogen-bond donors (Lipinski definition) is 2. The molecule has 8 nitrogen and oxygen atoms in total. The van der Waals surface area contributed by atoms with E-state index in [0.717, 1.165) is 35.2 Å². The number of anilines is 2. The van der Waals surface area contributed by atoms with Crippen LogP contribution in [-0.4, -0.2) is 34.4 Å². The van der Waals surface area contributed by atoms with E-state index in [2.05, 4.69) is 17.6 Å². The Bertz CT molecular complexity index is 1650. The van der Waals surface area contributed by atoms with E-state index in [-0.39, 0.29) is 5.91 Å². The lowest BCUT2D eigenvalue weighted by Crippen LogP contribution is -2.31. The van der Waals surface area contributed by atoms with Gasteiger partial charge in [0.2, 0.25) is 11.1 Å². The van der Waals surface area contributed by atoms with E-state index >= 15 is 0 Å². The molecular weight excluding hydrogens is 594 g/mol. The molecule has 2 N–H and O–H groups in total. The van der Waals surface area contributed by atoms with Gasteiger partial charge in [-0.1, -0.05) is 85.9 Å². The molecule has 5 rings (SSSR count). The molecule has 1 unspecified atom stereocenters. The number of benzene rings is 3. The first-order valence-corrected chi connectivity index (χ1v) is 16.2. The molecule has 2 heterocycles. The number of aromatic nitrogens is 3. The van der Waals surface area contributed by atoms with Crippen LogP contribution in [0, 0.1) is 6.92 Å². The molecule has 0 bridgehead atoms. The average Bonchev–Trinajstić information content (AvgIpc) is 3.42. The average molecular weight is 632 g/mol. The van der Waals surface area contributed by atoms with Gasteiger partial charge < -0.3 is 20.1 Å². The Morgan fingerprint density at radius 3 is 2.66 bits per heavy atom. The van der Waals surface area contributed by atoms with Crippen LogP contribution < -0.4 is 20.1 Å². The van der Waals surface area contributed by atoms with Crippen molar-refractivity contribution in [3.63, 3.8) is 0 Å². The fraction of sp³-hybridized carbons (Fsp3) is 0.324. The van der Waals surface area contributed by atoms with Gasteiger partial charge in [-0.3, -0.25) is 4.79 Å². The molecule has 3 aromatic carbocycles. The first-order valence-electron chi connectivity index (χ1n) is 14.9. The number of thioether (sulfide) groups is 1. The maximum Gasteiger partial charge on any atom is 0.255 e. The number of carbonyl (C=O) groups excluding carboxylic acids is 1. The molecule has 44 heavy (non-hydrogen) atoms. The molecule has 1 amide bonds. The number of amides is 1. The minimum atomic E-state index is -0.564. The summed E-state index contributed by atoms with van der Waals surface area (Å²) in [6, 6.07) is 20.7. The topological polar surface area (TPSA) is 90.3 Å². The second-order valence-corrected chi connectivity index (χ2v) is 12.1. The monoisotopic (exact) mass is 631 g/mol. The van der Waals surface area contributed by atoms with E-state index in [9.17, 15) is 4.79 Å². The molecule has 0 radical (unpaired) electrons. The Morgan fingerprint density at radius 1 is 1.05 bits per heavy atom. The number of ether oxygens (including phenoxy) is 2. The second kappa shape index (κ2) is 14.7. The Kier molecular flexibility index (Phi) is 10.5. The highest BCUT2D eigenvalue weighted by atomic mass is 35.5. The van der Waals surface area contributed by atoms with Gasteiger partial charge in [0.05, 0.1) is 19.3 Å². The standard InChI is InChI=1S/C34H38ClN5O3S/c1-5-6-7-10-18-43-28-17-16-24(20-29(28)42-4)31-30(32(41)37-26-14-11-12-22(2)19-26)23(3)36-33-38-34(39-40(31)33)44-21-25-13-8-9-15-27(25)35/h8-9,11-17,19-20,31H,5-7,10,18,21H2,1-4H3,(H,37,41)(H,36,38,39). The van der Waals surface area contributed by atoms with E-state index in [0.29, 0.717) is 51.3 Å². The summed E-state index contributed by atoms with van der Waals surface area (Å²) in [6.07, 6.45) is 4.47. The van der Waals surface area contributed by atoms with Crippen molar-refractivity contribution >= 4 is 40.9 Å². The van der Waals surface area contributed by atoms with Crippen molar-refractivity contribution in [2.24, 2.45) is 0 Å². The molecule has 1 aromatic heterocycles. The maximum atomic E-state index is 13.9. The summed E-state index contributed by atoms with van der Waals surface area (Å²) in [5.74, 6) is 2.20. The fourth-order valence-corrected chi connectivity index (χ4v) is 6.27. The molecule has 0 aliphatic carbocycles. The number of unbranched alkanes of at least 4 members (excludes halogenated alkanes) is 3. The number of allylic oxidation sites excluding steroid dienone is 1. The van der Waals surface area contributed by atoms with E-state index < -0.39 is 6.04 Å². The lowest BCUT2D eigenvalue weighted by Gasteiger charge is -2.29. The van der Waals surface area contributed by atoms with Crippen molar-refractivity contribution in [2.75, 3.05) is 24.4 Å². The molecule has 0 fully saturated rings. The number of rotatable bonds is 13. The second-order valence-electron chi connectivity index (χ2n) is 10.8. The van der Waals surface area contributed by atoms with Crippen LogP contribution in [0.4, 0.5) is 11.6 Å². The maximum absolute atomic E-state index is 13.9. The van der Waals surface area contributed by atoms with Crippen LogP contribution in [0.1, 0.15) is 62.3 Å². The van der Waals surface area contributed by atoms with Gasteiger partial charge in [-0.25, -0.2) is 4.68 Å². The minimum absolute atomic E-state index is 0.229. The number of aryl methyl sites for hydroxylation is 1. The molecule has 0 spiro atoms. The fourth-order valence-electron chi connectivity index (χ4n) is 5.16. The lowest BCUT2D eigenvalue weighted by atomic mass is 9.94. The smallest absolute Gasteiger partial charge is 0.255 e. The van der Waals surface area contributed by atoms with Gasteiger partial charge in [0.25, 0.3) is 5.91 Å². The predicted octanol–water partition coefficient (Wildman–Crippen LogP) is 8.43. The summed E-state index contributed by atoms with van der Waals surface area (Å²) in [4.78, 5) is 18.7. The summed E-state index contributed by atoms with van der Waals surface area (Å²) in [7, 11) is 1.63. The summed E-state index contributed by atoms with van der Waals surface area (Å²) < 4.78 is 13.6. The van der Waals surface area contributed by atoms with Crippen molar-refractivity contribution in [3.05, 3.63) is 99.7 Å². The zero-order valence-electron chi connectivity index (χ0n) is 25.5. The highest BCUT2D eigenvalue weighted by Gasteiger charge is 2.35. The van der Waals surface area contributed by atoms with Gasteiger partial charge in [0.15, 0.2) is 11.5 Å². The van der Waals surface area contributed by atoms with Crippen LogP contribution in [0.5, 0.6) is 11.5 Å². The Morgan fingerprint density at radius 2 is 1.89 bits per heavy atom. The first kappa shape index (κ1) is 31.5. The number of halogens is 1. The molecule has 0 saturated carbocycles. The van der Waals surface area contributed by atoms with Crippen LogP contribution >= 0.6 is 23.4 Å². The van der Waals surface area contributed by atoms with Crippen LogP contribution in [0.2, 0.25) is 5.02 Å². The van der Waals surface area contributed by atoms with Crippen LogP contribution in [-0.2, 0) is 10.5 Å². The number of carbonyl (C=O) groups is 1. The molecule has 0 saturated heterocycles. The lowest BCUT2D eigenvalue weighted by molar-refractivity contribution is -0.113.